The van der Waals surface area contributed by atoms with Gasteiger partial charge in [-0.1, -0.05) is 17.7 Å². The standard InChI is InChI=1S/C10H14N2O/c1-7-4-5-9(8(2)6-7)12-10(13)11-3/h4-6H,1-3H3,(H2,11,12,13). The van der Waals surface area contributed by atoms with Crippen LogP contribution < -0.4 is 10.6 Å². The second-order valence-electron chi connectivity index (χ2n) is 3.02. The molecule has 70 valence electrons. The van der Waals surface area contributed by atoms with Gasteiger partial charge in [0.1, 0.15) is 0 Å². The van der Waals surface area contributed by atoms with Crippen LogP contribution >= 0.6 is 0 Å². The lowest BCUT2D eigenvalue weighted by molar-refractivity contribution is 0.254. The molecule has 0 bridgehead atoms. The Balaban J connectivity index is 2.83. The minimum absolute atomic E-state index is 0.188. The molecule has 0 fully saturated rings. The van der Waals surface area contributed by atoms with Gasteiger partial charge >= 0.3 is 6.03 Å². The molecule has 13 heavy (non-hydrogen) atoms. The highest BCUT2D eigenvalue weighted by atomic mass is 16.2. The Hall–Kier alpha value is -1.51. The van der Waals surface area contributed by atoms with Crippen molar-refractivity contribution < 1.29 is 4.79 Å². The van der Waals surface area contributed by atoms with Crippen LogP contribution in [0, 0.1) is 13.8 Å². The van der Waals surface area contributed by atoms with Gasteiger partial charge in [0.25, 0.3) is 0 Å². The molecule has 0 aliphatic heterocycles. The van der Waals surface area contributed by atoms with Crippen LogP contribution in [0.2, 0.25) is 0 Å². The van der Waals surface area contributed by atoms with Gasteiger partial charge in [-0.25, -0.2) is 4.79 Å². The van der Waals surface area contributed by atoms with Crippen LogP contribution in [0.5, 0.6) is 0 Å². The Kier molecular flexibility index (Phi) is 2.90. The molecule has 3 heteroatoms. The van der Waals surface area contributed by atoms with Gasteiger partial charge in [-0.05, 0) is 25.5 Å². The van der Waals surface area contributed by atoms with Crippen LogP contribution in [-0.2, 0) is 0 Å². The van der Waals surface area contributed by atoms with Gasteiger partial charge in [0, 0.05) is 12.7 Å². The monoisotopic (exact) mass is 178 g/mol. The van der Waals surface area contributed by atoms with Crippen LogP contribution in [0.25, 0.3) is 0 Å². The van der Waals surface area contributed by atoms with E-state index in [4.69, 9.17) is 0 Å². The molecule has 0 spiro atoms. The molecule has 0 atom stereocenters. The SMILES string of the molecule is CNC(=O)Nc1ccc(C)cc1C. The highest BCUT2D eigenvalue weighted by molar-refractivity contribution is 5.89. The van der Waals surface area contributed by atoms with Crippen LogP contribution in [0.1, 0.15) is 11.1 Å². The third-order valence-corrected chi connectivity index (χ3v) is 1.86. The fourth-order valence-electron chi connectivity index (χ4n) is 1.14. The maximum absolute atomic E-state index is 11.0. The third kappa shape index (κ3) is 2.47. The Morgan fingerprint density at radius 2 is 2.00 bits per heavy atom. The number of urea groups is 1. The molecule has 0 radical (unpaired) electrons. The number of carbonyl (C=O) groups excluding carboxylic acids is 1. The van der Waals surface area contributed by atoms with Crippen molar-refractivity contribution in [3.8, 4) is 0 Å². The van der Waals surface area contributed by atoms with Gasteiger partial charge in [0.2, 0.25) is 0 Å². The van der Waals surface area contributed by atoms with Crippen molar-refractivity contribution in [2.75, 3.05) is 12.4 Å². The molecule has 0 aliphatic rings. The molecule has 2 amide bonds. The van der Waals surface area contributed by atoms with Crippen molar-refractivity contribution in [1.29, 1.82) is 0 Å². The van der Waals surface area contributed by atoms with Crippen molar-refractivity contribution in [3.63, 3.8) is 0 Å². The van der Waals surface area contributed by atoms with E-state index in [1.807, 2.05) is 32.0 Å². The number of hydrogen-bond donors (Lipinski definition) is 2. The molecule has 0 saturated carbocycles. The first kappa shape index (κ1) is 9.58. The quantitative estimate of drug-likeness (QED) is 0.679. The summed E-state index contributed by atoms with van der Waals surface area (Å²) in [4.78, 5) is 11.0. The van der Waals surface area contributed by atoms with Gasteiger partial charge in [-0.2, -0.15) is 0 Å². The predicted molar refractivity (Wildman–Crippen MR) is 54.0 cm³/mol. The molecular weight excluding hydrogens is 164 g/mol. The summed E-state index contributed by atoms with van der Waals surface area (Å²) in [7, 11) is 1.60. The van der Waals surface area contributed by atoms with E-state index < -0.39 is 0 Å². The summed E-state index contributed by atoms with van der Waals surface area (Å²) in [5.41, 5.74) is 3.12. The zero-order valence-electron chi connectivity index (χ0n) is 8.14. The number of aryl methyl sites for hydroxylation is 2. The highest BCUT2D eigenvalue weighted by Crippen LogP contribution is 2.15. The topological polar surface area (TPSA) is 41.1 Å². The molecule has 1 rings (SSSR count). The first-order valence-electron chi connectivity index (χ1n) is 4.19. The van der Waals surface area contributed by atoms with Crippen molar-refractivity contribution in [2.24, 2.45) is 0 Å². The van der Waals surface area contributed by atoms with Gasteiger partial charge in [-0.15, -0.1) is 0 Å². The molecule has 0 heterocycles. The van der Waals surface area contributed by atoms with E-state index in [0.29, 0.717) is 0 Å². The first-order chi connectivity index (χ1) is 6.13. The number of rotatable bonds is 1. The summed E-state index contributed by atoms with van der Waals surface area (Å²) in [6, 6.07) is 5.72. The Labute approximate surface area is 78.2 Å². The van der Waals surface area contributed by atoms with Gasteiger partial charge in [0.15, 0.2) is 0 Å². The number of hydrogen-bond acceptors (Lipinski definition) is 1. The number of nitrogens with one attached hydrogen (secondary N) is 2. The smallest absolute Gasteiger partial charge is 0.318 e. The van der Waals surface area contributed by atoms with Crippen molar-refractivity contribution in [1.82, 2.24) is 5.32 Å². The summed E-state index contributed by atoms with van der Waals surface area (Å²) in [5, 5.41) is 5.24. The molecule has 0 aliphatic carbocycles. The zero-order valence-corrected chi connectivity index (χ0v) is 8.14. The van der Waals surface area contributed by atoms with Crippen LogP contribution in [0.15, 0.2) is 18.2 Å². The van der Waals surface area contributed by atoms with Gasteiger partial charge in [0.05, 0.1) is 0 Å². The van der Waals surface area contributed by atoms with Crippen molar-refractivity contribution in [3.05, 3.63) is 29.3 Å². The minimum atomic E-state index is -0.188. The average Bonchev–Trinajstić information content (AvgIpc) is 2.09. The Morgan fingerprint density at radius 3 is 2.54 bits per heavy atom. The third-order valence-electron chi connectivity index (χ3n) is 1.86. The summed E-state index contributed by atoms with van der Waals surface area (Å²) >= 11 is 0. The van der Waals surface area contributed by atoms with E-state index in [2.05, 4.69) is 10.6 Å². The largest absolute Gasteiger partial charge is 0.341 e. The molecule has 0 unspecified atom stereocenters. The lowest BCUT2D eigenvalue weighted by atomic mass is 10.1. The van der Waals surface area contributed by atoms with Crippen molar-refractivity contribution in [2.45, 2.75) is 13.8 Å². The molecule has 1 aromatic carbocycles. The summed E-state index contributed by atoms with van der Waals surface area (Å²) in [5.74, 6) is 0. The molecule has 0 aromatic heterocycles. The molecule has 3 nitrogen and oxygen atoms in total. The molecule has 1 aromatic rings. The molecule has 0 saturated heterocycles. The predicted octanol–water partition coefficient (Wildman–Crippen LogP) is 2.05. The van der Waals surface area contributed by atoms with Crippen LogP contribution in [0.4, 0.5) is 10.5 Å². The summed E-state index contributed by atoms with van der Waals surface area (Å²) < 4.78 is 0. The minimum Gasteiger partial charge on any atom is -0.341 e. The first-order valence-corrected chi connectivity index (χ1v) is 4.19. The lowest BCUT2D eigenvalue weighted by Crippen LogP contribution is -2.24. The Bertz CT molecular complexity index is 321. The van der Waals surface area contributed by atoms with E-state index >= 15 is 0 Å². The van der Waals surface area contributed by atoms with Gasteiger partial charge in [-0.3, -0.25) is 0 Å². The highest BCUT2D eigenvalue weighted by Gasteiger charge is 2.01. The maximum atomic E-state index is 11.0. The number of benzene rings is 1. The second kappa shape index (κ2) is 3.94. The fourth-order valence-corrected chi connectivity index (χ4v) is 1.14. The molecule has 2 N–H and O–H groups in total. The zero-order chi connectivity index (χ0) is 9.84. The van der Waals surface area contributed by atoms with Crippen molar-refractivity contribution >= 4 is 11.7 Å². The van der Waals surface area contributed by atoms with E-state index in [9.17, 15) is 4.79 Å². The summed E-state index contributed by atoms with van der Waals surface area (Å²) in [6.07, 6.45) is 0. The van der Waals surface area contributed by atoms with E-state index in [1.165, 1.54) is 5.56 Å². The fraction of sp³-hybridized carbons (Fsp3) is 0.300. The number of amides is 2. The average molecular weight is 178 g/mol. The lowest BCUT2D eigenvalue weighted by Gasteiger charge is -2.07. The van der Waals surface area contributed by atoms with Gasteiger partial charge < -0.3 is 10.6 Å². The molecular formula is C10H14N2O. The van der Waals surface area contributed by atoms with Crippen LogP contribution in [-0.4, -0.2) is 13.1 Å². The van der Waals surface area contributed by atoms with E-state index in [1.54, 1.807) is 7.05 Å². The summed E-state index contributed by atoms with van der Waals surface area (Å²) in [6.45, 7) is 3.99. The normalized spacial score (nSPS) is 9.46. The maximum Gasteiger partial charge on any atom is 0.318 e. The van der Waals surface area contributed by atoms with E-state index in [-0.39, 0.29) is 6.03 Å². The van der Waals surface area contributed by atoms with Crippen LogP contribution in [0.3, 0.4) is 0 Å². The second-order valence-corrected chi connectivity index (χ2v) is 3.02. The number of carbonyl (C=O) groups is 1. The van der Waals surface area contributed by atoms with E-state index in [0.717, 1.165) is 11.3 Å². The number of anilines is 1. The Morgan fingerprint density at radius 1 is 1.31 bits per heavy atom.